The molecule has 23 heavy (non-hydrogen) atoms. The van der Waals surface area contributed by atoms with Crippen molar-refractivity contribution in [2.24, 2.45) is 5.92 Å². The van der Waals surface area contributed by atoms with Crippen LogP contribution < -0.4 is 40.0 Å². The smallest absolute Gasteiger partial charge is 0.548 e. The molecule has 0 aliphatic heterocycles. The third-order valence-corrected chi connectivity index (χ3v) is 1.95. The van der Waals surface area contributed by atoms with E-state index >= 15 is 0 Å². The first-order valence-electron chi connectivity index (χ1n) is 6.66. The first kappa shape index (κ1) is 24.1. The van der Waals surface area contributed by atoms with Gasteiger partial charge in [0.15, 0.2) is 0 Å². The summed E-state index contributed by atoms with van der Waals surface area (Å²) >= 11 is 0. The number of ether oxygens (including phenoxy) is 2. The van der Waals surface area contributed by atoms with Gasteiger partial charge >= 0.3 is 41.5 Å². The van der Waals surface area contributed by atoms with Gasteiger partial charge in [0.2, 0.25) is 11.8 Å². The average Bonchev–Trinajstić information content (AvgIpc) is 2.20. The molecule has 0 aromatic carbocycles. The number of aliphatic carboxylic acids is 1. The van der Waals surface area contributed by atoms with Gasteiger partial charge in [0.25, 0.3) is 0 Å². The van der Waals surface area contributed by atoms with Crippen molar-refractivity contribution in [2.75, 3.05) is 6.54 Å². The minimum absolute atomic E-state index is 0. The molecule has 0 rings (SSSR count). The van der Waals surface area contributed by atoms with Crippen LogP contribution in [-0.4, -0.2) is 41.6 Å². The zero-order valence-electron chi connectivity index (χ0n) is 14.6. The Morgan fingerprint density at radius 3 is 1.57 bits per heavy atom. The molecule has 0 aliphatic carbocycles. The molecular weight excluding hydrogens is 317 g/mol. The molecule has 0 unspecified atom stereocenters. The standard InChI is InChI=1S/C14H23NO7.Na.H2/c1-13(2,3)21-11(19)9(10(18)15-7-8(16)17)12(20)22-14(4,5)6;;/h9H,7H2,1-6H3,(H,15,18)(H,16,17);;1H/q;+1;/p-1. The van der Waals surface area contributed by atoms with Crippen molar-refractivity contribution in [3.05, 3.63) is 0 Å². The van der Waals surface area contributed by atoms with Crippen molar-refractivity contribution >= 4 is 23.8 Å². The summed E-state index contributed by atoms with van der Waals surface area (Å²) in [5.41, 5.74) is -1.85. The second-order valence-corrected chi connectivity index (χ2v) is 6.59. The van der Waals surface area contributed by atoms with Crippen molar-refractivity contribution in [1.29, 1.82) is 0 Å². The van der Waals surface area contributed by atoms with Crippen LogP contribution >= 0.6 is 0 Å². The molecule has 0 aromatic rings. The van der Waals surface area contributed by atoms with E-state index < -0.39 is 47.5 Å². The van der Waals surface area contributed by atoms with Gasteiger partial charge in [-0.25, -0.2) is 0 Å². The molecule has 0 radical (unpaired) electrons. The summed E-state index contributed by atoms with van der Waals surface area (Å²) in [6.07, 6.45) is 0. The zero-order chi connectivity index (χ0) is 17.7. The Morgan fingerprint density at radius 1 is 0.957 bits per heavy atom. The maximum Gasteiger partial charge on any atom is 1.00 e. The molecule has 1 amide bonds. The van der Waals surface area contributed by atoms with E-state index in [0.29, 0.717) is 0 Å². The third-order valence-electron chi connectivity index (χ3n) is 1.95. The van der Waals surface area contributed by atoms with Gasteiger partial charge in [0.1, 0.15) is 11.2 Å². The van der Waals surface area contributed by atoms with Gasteiger partial charge in [-0.15, -0.1) is 0 Å². The Morgan fingerprint density at radius 2 is 1.30 bits per heavy atom. The minimum atomic E-state index is -1.90. The van der Waals surface area contributed by atoms with Crippen LogP contribution in [0.5, 0.6) is 0 Å². The van der Waals surface area contributed by atoms with E-state index in [2.05, 4.69) is 0 Å². The molecule has 0 atom stereocenters. The average molecular weight is 341 g/mol. The largest absolute Gasteiger partial charge is 1.00 e. The number of carboxylic acids is 1. The first-order valence-corrected chi connectivity index (χ1v) is 6.66. The minimum Gasteiger partial charge on any atom is -0.548 e. The Bertz CT molecular complexity index is 441. The van der Waals surface area contributed by atoms with E-state index in [1.165, 1.54) is 0 Å². The molecule has 0 heterocycles. The molecule has 128 valence electrons. The SMILES string of the molecule is CC(C)(C)OC(=O)C(C(=O)NCC(=O)[O-])C(=O)OC(C)(C)C.[HH].[Na+]. The molecule has 8 nitrogen and oxygen atoms in total. The van der Waals surface area contributed by atoms with E-state index in [4.69, 9.17) is 9.47 Å². The van der Waals surface area contributed by atoms with Gasteiger partial charge in [-0.05, 0) is 41.5 Å². The first-order chi connectivity index (χ1) is 9.73. The van der Waals surface area contributed by atoms with Gasteiger partial charge < -0.3 is 24.7 Å². The van der Waals surface area contributed by atoms with Crippen molar-refractivity contribution in [3.63, 3.8) is 0 Å². The van der Waals surface area contributed by atoms with Crippen molar-refractivity contribution < 1.29 is 64.7 Å². The van der Waals surface area contributed by atoms with Crippen LogP contribution in [-0.2, 0) is 28.7 Å². The quantitative estimate of drug-likeness (QED) is 0.311. The van der Waals surface area contributed by atoms with Crippen molar-refractivity contribution in [1.82, 2.24) is 5.32 Å². The Hall–Kier alpha value is -1.12. The van der Waals surface area contributed by atoms with Crippen LogP contribution in [0.25, 0.3) is 0 Å². The summed E-state index contributed by atoms with van der Waals surface area (Å²) in [7, 11) is 0. The molecule has 9 heteroatoms. The normalized spacial score (nSPS) is 11.3. The van der Waals surface area contributed by atoms with Crippen molar-refractivity contribution in [3.8, 4) is 0 Å². The topological polar surface area (TPSA) is 122 Å². The second kappa shape index (κ2) is 9.24. The fraction of sp³-hybridized carbons (Fsp3) is 0.714. The summed E-state index contributed by atoms with van der Waals surface area (Å²) in [6.45, 7) is 8.56. The van der Waals surface area contributed by atoms with Crippen LogP contribution in [0.15, 0.2) is 0 Å². The number of amides is 1. The number of carbonyl (C=O) groups excluding carboxylic acids is 4. The molecule has 0 aliphatic rings. The van der Waals surface area contributed by atoms with Crippen LogP contribution in [0.1, 0.15) is 43.0 Å². The van der Waals surface area contributed by atoms with E-state index in [1.807, 2.05) is 5.32 Å². The molecule has 0 spiro atoms. The predicted octanol–water partition coefficient (Wildman–Crippen LogP) is -3.60. The number of carbonyl (C=O) groups is 4. The number of nitrogens with one attached hydrogen (secondary N) is 1. The van der Waals surface area contributed by atoms with E-state index in [-0.39, 0.29) is 31.0 Å². The third kappa shape index (κ3) is 11.1. The van der Waals surface area contributed by atoms with Crippen LogP contribution in [0.4, 0.5) is 0 Å². The number of esters is 2. The zero-order valence-corrected chi connectivity index (χ0v) is 16.6. The van der Waals surface area contributed by atoms with Crippen LogP contribution in [0.3, 0.4) is 0 Å². The fourth-order valence-corrected chi connectivity index (χ4v) is 1.29. The summed E-state index contributed by atoms with van der Waals surface area (Å²) < 4.78 is 10.00. The van der Waals surface area contributed by atoms with Gasteiger partial charge in [0, 0.05) is 1.43 Å². The van der Waals surface area contributed by atoms with Gasteiger partial charge in [0.05, 0.1) is 12.5 Å². The monoisotopic (exact) mass is 341 g/mol. The predicted molar refractivity (Wildman–Crippen MR) is 75.3 cm³/mol. The summed E-state index contributed by atoms with van der Waals surface area (Å²) in [4.78, 5) is 46.3. The number of hydrogen-bond acceptors (Lipinski definition) is 7. The summed E-state index contributed by atoms with van der Waals surface area (Å²) in [5, 5.41) is 12.3. The molecule has 1 N–H and O–H groups in total. The number of carboxylic acid groups (broad SMARTS) is 1. The molecule has 0 saturated heterocycles. The number of hydrogen-bond donors (Lipinski definition) is 1. The Labute approximate surface area is 159 Å². The Balaban J connectivity index is -0.00000220. The fourth-order valence-electron chi connectivity index (χ4n) is 1.29. The van der Waals surface area contributed by atoms with Crippen molar-refractivity contribution in [2.45, 2.75) is 52.7 Å². The molecule has 0 bridgehead atoms. The van der Waals surface area contributed by atoms with E-state index in [1.54, 1.807) is 41.5 Å². The maximum absolute atomic E-state index is 12.0. The molecule has 0 aromatic heterocycles. The van der Waals surface area contributed by atoms with Gasteiger partial charge in [-0.1, -0.05) is 0 Å². The summed E-state index contributed by atoms with van der Waals surface area (Å²) in [5.74, 6) is -6.80. The van der Waals surface area contributed by atoms with Gasteiger partial charge in [-0.3, -0.25) is 14.4 Å². The second-order valence-electron chi connectivity index (χ2n) is 6.59. The van der Waals surface area contributed by atoms with Gasteiger partial charge in [-0.2, -0.15) is 0 Å². The molecule has 0 fully saturated rings. The molecular formula is C14H24NNaO7. The van der Waals surface area contributed by atoms with Crippen LogP contribution in [0.2, 0.25) is 0 Å². The number of rotatable bonds is 5. The van der Waals surface area contributed by atoms with E-state index in [0.717, 1.165) is 0 Å². The molecule has 0 saturated carbocycles. The Kier molecular flexibility index (Phi) is 9.70. The van der Waals surface area contributed by atoms with E-state index in [9.17, 15) is 24.3 Å². The van der Waals surface area contributed by atoms with Crippen LogP contribution in [0, 0.1) is 5.92 Å². The maximum atomic E-state index is 12.0. The summed E-state index contributed by atoms with van der Waals surface area (Å²) in [6, 6.07) is 0.